The summed E-state index contributed by atoms with van der Waals surface area (Å²) in [5.74, 6) is 0. The van der Waals surface area contributed by atoms with Gasteiger partial charge >= 0.3 is 0 Å². The predicted molar refractivity (Wildman–Crippen MR) is 214 cm³/mol. The zero-order valence-corrected chi connectivity index (χ0v) is 27.5. The van der Waals surface area contributed by atoms with Gasteiger partial charge in [0.1, 0.15) is 0 Å². The minimum atomic E-state index is 1.23. The fourth-order valence-corrected chi connectivity index (χ4v) is 9.19. The molecule has 228 valence electrons. The molecule has 0 radical (unpaired) electrons. The first kappa shape index (κ1) is 28.0. The average molecular weight is 639 g/mol. The standard InChI is InChI=1S/C48H30S/c1-2-13-32(14-3-1)36-22-12-26-44-47(36)43-25-11-23-37(48(43)49-44)33-27-29-34(30-28-33)45-39-18-6-8-20-41(39)46(42-21-9-7-19-40(42)45)38-24-10-16-31-15-4-5-17-35(31)38/h1-30H. The van der Waals surface area contributed by atoms with Crippen LogP contribution in [0.5, 0.6) is 0 Å². The summed E-state index contributed by atoms with van der Waals surface area (Å²) >= 11 is 1.90. The zero-order chi connectivity index (χ0) is 32.3. The summed E-state index contributed by atoms with van der Waals surface area (Å²) in [5, 5.41) is 10.3. The first-order chi connectivity index (χ1) is 24.3. The molecule has 0 saturated carbocycles. The highest BCUT2D eigenvalue weighted by Gasteiger charge is 2.19. The van der Waals surface area contributed by atoms with Gasteiger partial charge in [0.15, 0.2) is 0 Å². The lowest BCUT2D eigenvalue weighted by Crippen LogP contribution is -1.91. The molecule has 49 heavy (non-hydrogen) atoms. The Kier molecular flexibility index (Phi) is 6.47. The van der Waals surface area contributed by atoms with E-state index in [0.29, 0.717) is 0 Å². The molecule has 9 aromatic carbocycles. The van der Waals surface area contributed by atoms with E-state index >= 15 is 0 Å². The summed E-state index contributed by atoms with van der Waals surface area (Å²) in [7, 11) is 0. The summed E-state index contributed by atoms with van der Waals surface area (Å²) in [6, 6.07) is 66.8. The van der Waals surface area contributed by atoms with Gasteiger partial charge in [0.25, 0.3) is 0 Å². The van der Waals surface area contributed by atoms with E-state index in [1.54, 1.807) is 0 Å². The molecule has 0 aliphatic rings. The van der Waals surface area contributed by atoms with Crippen molar-refractivity contribution in [3.05, 3.63) is 182 Å². The van der Waals surface area contributed by atoms with Gasteiger partial charge in [-0.3, -0.25) is 0 Å². The van der Waals surface area contributed by atoms with Gasteiger partial charge in [-0.25, -0.2) is 0 Å². The third kappa shape index (κ3) is 4.44. The van der Waals surface area contributed by atoms with Crippen molar-refractivity contribution >= 4 is 63.8 Å². The van der Waals surface area contributed by atoms with E-state index in [1.165, 1.54) is 97.0 Å². The third-order valence-corrected chi connectivity index (χ3v) is 11.3. The molecule has 0 aliphatic carbocycles. The molecule has 1 aromatic heterocycles. The molecule has 0 N–H and O–H groups in total. The van der Waals surface area contributed by atoms with Gasteiger partial charge in [0.05, 0.1) is 0 Å². The number of hydrogen-bond donors (Lipinski definition) is 0. The Labute approximate surface area is 289 Å². The highest BCUT2D eigenvalue weighted by Crippen LogP contribution is 2.47. The van der Waals surface area contributed by atoms with Crippen molar-refractivity contribution in [3.63, 3.8) is 0 Å². The first-order valence-corrected chi connectivity index (χ1v) is 17.7. The van der Waals surface area contributed by atoms with Crippen molar-refractivity contribution in [2.45, 2.75) is 0 Å². The van der Waals surface area contributed by atoms with Crippen molar-refractivity contribution in [3.8, 4) is 44.5 Å². The molecule has 0 aliphatic heterocycles. The molecule has 10 aromatic rings. The van der Waals surface area contributed by atoms with Gasteiger partial charge in [-0.1, -0.05) is 176 Å². The van der Waals surface area contributed by atoms with Crippen LogP contribution in [0.2, 0.25) is 0 Å². The quantitative estimate of drug-likeness (QED) is 0.168. The molecule has 1 heterocycles. The largest absolute Gasteiger partial charge is 0.135 e. The van der Waals surface area contributed by atoms with Crippen LogP contribution in [0.3, 0.4) is 0 Å². The molecule has 0 spiro atoms. The van der Waals surface area contributed by atoms with Crippen molar-refractivity contribution < 1.29 is 0 Å². The molecule has 0 amide bonds. The molecule has 0 nitrogen and oxygen atoms in total. The van der Waals surface area contributed by atoms with Crippen LogP contribution >= 0.6 is 11.3 Å². The monoisotopic (exact) mass is 638 g/mol. The lowest BCUT2D eigenvalue weighted by molar-refractivity contribution is 1.64. The molecular weight excluding hydrogens is 609 g/mol. The van der Waals surface area contributed by atoms with Crippen LogP contribution in [0.4, 0.5) is 0 Å². The lowest BCUT2D eigenvalue weighted by atomic mass is 9.84. The Bertz CT molecular complexity index is 2790. The van der Waals surface area contributed by atoms with Crippen LogP contribution in [0.1, 0.15) is 0 Å². The summed E-state index contributed by atoms with van der Waals surface area (Å²) in [6.07, 6.45) is 0. The fraction of sp³-hybridized carbons (Fsp3) is 0. The molecule has 0 saturated heterocycles. The van der Waals surface area contributed by atoms with Crippen LogP contribution in [0.15, 0.2) is 182 Å². The SMILES string of the molecule is c1ccc(-c2cccc3sc4c(-c5ccc(-c6c7ccccc7c(-c7cccc8ccccc78)c7ccccc67)cc5)cccc4c23)cc1. The van der Waals surface area contributed by atoms with Crippen LogP contribution in [-0.2, 0) is 0 Å². The number of benzene rings is 9. The molecule has 0 atom stereocenters. The first-order valence-electron chi connectivity index (χ1n) is 16.9. The number of rotatable bonds is 4. The second-order valence-electron chi connectivity index (χ2n) is 12.8. The fourth-order valence-electron chi connectivity index (χ4n) is 7.92. The Balaban J connectivity index is 1.16. The van der Waals surface area contributed by atoms with E-state index in [1.807, 2.05) is 11.3 Å². The number of thiophene rings is 1. The Hall–Kier alpha value is -6.02. The number of hydrogen-bond acceptors (Lipinski definition) is 1. The van der Waals surface area contributed by atoms with Gasteiger partial charge in [0, 0.05) is 20.2 Å². The summed E-state index contributed by atoms with van der Waals surface area (Å²) in [5.41, 5.74) is 10.2. The molecule has 0 fully saturated rings. The summed E-state index contributed by atoms with van der Waals surface area (Å²) in [6.45, 7) is 0. The van der Waals surface area contributed by atoms with Gasteiger partial charge in [-0.15, -0.1) is 11.3 Å². The second kappa shape index (κ2) is 11.3. The Morgan fingerprint density at radius 3 is 1.51 bits per heavy atom. The highest BCUT2D eigenvalue weighted by atomic mass is 32.1. The van der Waals surface area contributed by atoms with Gasteiger partial charge in [-0.05, 0) is 82.9 Å². The Morgan fingerprint density at radius 1 is 0.286 bits per heavy atom. The van der Waals surface area contributed by atoms with Gasteiger partial charge < -0.3 is 0 Å². The van der Waals surface area contributed by atoms with Crippen molar-refractivity contribution in [2.75, 3.05) is 0 Å². The highest BCUT2D eigenvalue weighted by molar-refractivity contribution is 7.26. The van der Waals surface area contributed by atoms with E-state index in [2.05, 4.69) is 182 Å². The van der Waals surface area contributed by atoms with Gasteiger partial charge in [-0.2, -0.15) is 0 Å². The maximum absolute atomic E-state index is 2.32. The van der Waals surface area contributed by atoms with Crippen molar-refractivity contribution in [2.24, 2.45) is 0 Å². The van der Waals surface area contributed by atoms with E-state index in [9.17, 15) is 0 Å². The number of fused-ring (bicyclic) bond motifs is 6. The normalized spacial score (nSPS) is 11.7. The topological polar surface area (TPSA) is 0 Å². The summed E-state index contributed by atoms with van der Waals surface area (Å²) < 4.78 is 2.66. The van der Waals surface area contributed by atoms with Crippen LogP contribution in [0.25, 0.3) is 97.0 Å². The smallest absolute Gasteiger partial charge is 0.0434 e. The van der Waals surface area contributed by atoms with Gasteiger partial charge in [0.2, 0.25) is 0 Å². The molecule has 0 bridgehead atoms. The van der Waals surface area contributed by atoms with E-state index < -0.39 is 0 Å². The van der Waals surface area contributed by atoms with Crippen LogP contribution in [0, 0.1) is 0 Å². The molecular formula is C48H30S. The van der Waals surface area contributed by atoms with Crippen molar-refractivity contribution in [1.82, 2.24) is 0 Å². The summed E-state index contributed by atoms with van der Waals surface area (Å²) in [4.78, 5) is 0. The average Bonchev–Trinajstić information content (AvgIpc) is 3.57. The molecule has 1 heteroatoms. The maximum Gasteiger partial charge on any atom is 0.0434 e. The molecule has 0 unspecified atom stereocenters. The second-order valence-corrected chi connectivity index (χ2v) is 13.8. The van der Waals surface area contributed by atoms with E-state index in [4.69, 9.17) is 0 Å². The maximum atomic E-state index is 2.32. The van der Waals surface area contributed by atoms with E-state index in [-0.39, 0.29) is 0 Å². The minimum Gasteiger partial charge on any atom is -0.135 e. The van der Waals surface area contributed by atoms with E-state index in [0.717, 1.165) is 0 Å². The zero-order valence-electron chi connectivity index (χ0n) is 26.7. The lowest BCUT2D eigenvalue weighted by Gasteiger charge is -2.19. The van der Waals surface area contributed by atoms with Crippen molar-refractivity contribution in [1.29, 1.82) is 0 Å². The third-order valence-electron chi connectivity index (χ3n) is 10.1. The minimum absolute atomic E-state index is 1.23. The van der Waals surface area contributed by atoms with Crippen LogP contribution in [-0.4, -0.2) is 0 Å². The molecule has 10 rings (SSSR count). The Morgan fingerprint density at radius 2 is 0.776 bits per heavy atom. The van der Waals surface area contributed by atoms with Crippen LogP contribution < -0.4 is 0 Å². The predicted octanol–water partition coefficient (Wildman–Crippen LogP) is 14.2.